The van der Waals surface area contributed by atoms with E-state index in [1.807, 2.05) is 12.1 Å². The summed E-state index contributed by atoms with van der Waals surface area (Å²) in [6.07, 6.45) is 3.06. The SMILES string of the molecule is CC1(C)C[C@](CCNC(=O)Cc2cccc(O)c2)(c2ccccc2)CCO1. The molecule has 1 atom stereocenters. The first-order valence-corrected chi connectivity index (χ1v) is 9.63. The molecule has 27 heavy (non-hydrogen) atoms. The molecule has 4 heteroatoms. The topological polar surface area (TPSA) is 58.6 Å². The fourth-order valence-corrected chi connectivity index (χ4v) is 4.23. The van der Waals surface area contributed by atoms with Crippen LogP contribution in [-0.4, -0.2) is 29.8 Å². The predicted molar refractivity (Wildman–Crippen MR) is 107 cm³/mol. The van der Waals surface area contributed by atoms with E-state index in [-0.39, 0.29) is 29.1 Å². The lowest BCUT2D eigenvalue weighted by Gasteiger charge is -2.45. The van der Waals surface area contributed by atoms with Crippen molar-refractivity contribution in [2.45, 2.75) is 50.5 Å². The highest BCUT2D eigenvalue weighted by molar-refractivity contribution is 5.78. The molecule has 0 spiro atoms. The standard InChI is InChI=1S/C23H29NO3/c1-22(2)17-23(12-14-27-22,19-8-4-3-5-9-19)11-13-24-21(26)16-18-7-6-10-20(25)15-18/h3-10,15,25H,11-14,16-17H2,1-2H3,(H,24,26)/t23-/m1/s1. The molecule has 4 nitrogen and oxygen atoms in total. The number of carbonyl (C=O) groups excluding carboxylic acids is 1. The van der Waals surface area contributed by atoms with Crippen LogP contribution < -0.4 is 5.32 Å². The third kappa shape index (κ3) is 5.10. The van der Waals surface area contributed by atoms with Crippen LogP contribution in [0.15, 0.2) is 54.6 Å². The fourth-order valence-electron chi connectivity index (χ4n) is 4.23. The largest absolute Gasteiger partial charge is 0.508 e. The van der Waals surface area contributed by atoms with E-state index in [2.05, 4.69) is 43.4 Å². The summed E-state index contributed by atoms with van der Waals surface area (Å²) in [5.41, 5.74) is 1.99. The minimum atomic E-state index is -0.167. The maximum atomic E-state index is 12.3. The van der Waals surface area contributed by atoms with E-state index < -0.39 is 0 Å². The summed E-state index contributed by atoms with van der Waals surface area (Å²) >= 11 is 0. The van der Waals surface area contributed by atoms with Crippen molar-refractivity contribution < 1.29 is 14.6 Å². The monoisotopic (exact) mass is 367 g/mol. The summed E-state index contributed by atoms with van der Waals surface area (Å²) in [7, 11) is 0. The van der Waals surface area contributed by atoms with Crippen LogP contribution in [0.3, 0.4) is 0 Å². The van der Waals surface area contributed by atoms with Gasteiger partial charge in [0.1, 0.15) is 5.75 Å². The Morgan fingerprint density at radius 3 is 2.63 bits per heavy atom. The van der Waals surface area contributed by atoms with Crippen molar-refractivity contribution in [2.75, 3.05) is 13.2 Å². The van der Waals surface area contributed by atoms with Crippen molar-refractivity contribution in [3.05, 3.63) is 65.7 Å². The van der Waals surface area contributed by atoms with E-state index >= 15 is 0 Å². The molecule has 0 saturated carbocycles. The molecule has 1 fully saturated rings. The Morgan fingerprint density at radius 2 is 1.93 bits per heavy atom. The second-order valence-electron chi connectivity index (χ2n) is 8.13. The normalized spacial score (nSPS) is 21.6. The van der Waals surface area contributed by atoms with E-state index in [1.54, 1.807) is 18.2 Å². The molecule has 0 unspecified atom stereocenters. The van der Waals surface area contributed by atoms with Crippen molar-refractivity contribution in [3.63, 3.8) is 0 Å². The number of phenols is 1. The second kappa shape index (κ2) is 8.13. The molecule has 144 valence electrons. The summed E-state index contributed by atoms with van der Waals surface area (Å²) < 4.78 is 5.95. The number of hydrogen-bond acceptors (Lipinski definition) is 3. The second-order valence-corrected chi connectivity index (χ2v) is 8.13. The molecule has 2 N–H and O–H groups in total. The van der Waals surface area contributed by atoms with Gasteiger partial charge >= 0.3 is 0 Å². The Labute approximate surface area is 161 Å². The van der Waals surface area contributed by atoms with Gasteiger partial charge < -0.3 is 15.2 Å². The summed E-state index contributed by atoms with van der Waals surface area (Å²) in [5, 5.41) is 12.6. The van der Waals surface area contributed by atoms with Crippen LogP contribution in [0.5, 0.6) is 5.75 Å². The third-order valence-corrected chi connectivity index (χ3v) is 5.42. The predicted octanol–water partition coefficient (Wildman–Crippen LogP) is 3.97. The van der Waals surface area contributed by atoms with Gasteiger partial charge in [-0.05, 0) is 56.4 Å². The van der Waals surface area contributed by atoms with Crippen LogP contribution in [0.4, 0.5) is 0 Å². The Hall–Kier alpha value is -2.33. The molecular formula is C23H29NO3. The number of hydrogen-bond donors (Lipinski definition) is 2. The van der Waals surface area contributed by atoms with Crippen molar-refractivity contribution in [1.29, 1.82) is 0 Å². The molecule has 0 aromatic heterocycles. The lowest BCUT2D eigenvalue weighted by Crippen LogP contribution is -2.45. The molecule has 1 saturated heterocycles. The molecule has 1 amide bonds. The number of carbonyl (C=O) groups is 1. The zero-order valence-corrected chi connectivity index (χ0v) is 16.2. The highest BCUT2D eigenvalue weighted by Crippen LogP contribution is 2.43. The van der Waals surface area contributed by atoms with Crippen LogP contribution in [-0.2, 0) is 21.4 Å². The van der Waals surface area contributed by atoms with Gasteiger partial charge in [0, 0.05) is 18.6 Å². The molecule has 2 aromatic carbocycles. The van der Waals surface area contributed by atoms with E-state index in [0.717, 1.165) is 31.4 Å². The smallest absolute Gasteiger partial charge is 0.224 e. The average Bonchev–Trinajstić information content (AvgIpc) is 2.61. The minimum Gasteiger partial charge on any atom is -0.508 e. The Morgan fingerprint density at radius 1 is 1.15 bits per heavy atom. The number of aromatic hydroxyl groups is 1. The van der Waals surface area contributed by atoms with Crippen molar-refractivity contribution in [3.8, 4) is 5.75 Å². The van der Waals surface area contributed by atoms with Crippen LogP contribution in [0.25, 0.3) is 0 Å². The average molecular weight is 367 g/mol. The Bertz CT molecular complexity index is 772. The molecule has 2 aromatic rings. The summed E-state index contributed by atoms with van der Waals surface area (Å²) in [6.45, 7) is 5.65. The summed E-state index contributed by atoms with van der Waals surface area (Å²) in [5.74, 6) is 0.169. The van der Waals surface area contributed by atoms with Gasteiger partial charge in [-0.2, -0.15) is 0 Å². The zero-order chi connectivity index (χ0) is 19.3. The number of benzene rings is 2. The third-order valence-electron chi connectivity index (χ3n) is 5.42. The molecular weight excluding hydrogens is 338 g/mol. The summed E-state index contributed by atoms with van der Waals surface area (Å²) in [6, 6.07) is 17.4. The van der Waals surface area contributed by atoms with Crippen molar-refractivity contribution in [1.82, 2.24) is 5.32 Å². The van der Waals surface area contributed by atoms with E-state index in [9.17, 15) is 9.90 Å². The maximum Gasteiger partial charge on any atom is 0.224 e. The first-order chi connectivity index (χ1) is 12.9. The molecule has 1 heterocycles. The Balaban J connectivity index is 1.64. The number of nitrogens with one attached hydrogen (secondary N) is 1. The van der Waals surface area contributed by atoms with Gasteiger partial charge in [-0.3, -0.25) is 4.79 Å². The van der Waals surface area contributed by atoms with E-state index in [4.69, 9.17) is 4.74 Å². The van der Waals surface area contributed by atoms with Crippen LogP contribution in [0, 0.1) is 0 Å². The van der Waals surface area contributed by atoms with Gasteiger partial charge in [0.25, 0.3) is 0 Å². The summed E-state index contributed by atoms with van der Waals surface area (Å²) in [4.78, 5) is 12.3. The first kappa shape index (κ1) is 19.4. The van der Waals surface area contributed by atoms with Gasteiger partial charge in [-0.15, -0.1) is 0 Å². The van der Waals surface area contributed by atoms with Gasteiger partial charge in [0.15, 0.2) is 0 Å². The first-order valence-electron chi connectivity index (χ1n) is 9.63. The quantitative estimate of drug-likeness (QED) is 0.812. The van der Waals surface area contributed by atoms with Gasteiger partial charge in [0.05, 0.1) is 12.0 Å². The molecule has 0 radical (unpaired) electrons. The highest BCUT2D eigenvalue weighted by atomic mass is 16.5. The fraction of sp³-hybridized carbons (Fsp3) is 0.435. The number of amides is 1. The molecule has 0 aliphatic carbocycles. The molecule has 1 aliphatic heterocycles. The zero-order valence-electron chi connectivity index (χ0n) is 16.2. The number of ether oxygens (including phenoxy) is 1. The van der Waals surface area contributed by atoms with Gasteiger partial charge in [-0.1, -0.05) is 42.5 Å². The molecule has 1 aliphatic rings. The van der Waals surface area contributed by atoms with Crippen LogP contribution in [0.2, 0.25) is 0 Å². The lowest BCUT2D eigenvalue weighted by molar-refractivity contribution is -0.120. The number of phenolic OH excluding ortho intramolecular Hbond substituents is 1. The van der Waals surface area contributed by atoms with Crippen LogP contribution >= 0.6 is 0 Å². The molecule has 0 bridgehead atoms. The van der Waals surface area contributed by atoms with E-state index in [1.165, 1.54) is 5.56 Å². The van der Waals surface area contributed by atoms with Crippen molar-refractivity contribution in [2.24, 2.45) is 0 Å². The number of rotatable bonds is 6. The van der Waals surface area contributed by atoms with Gasteiger partial charge in [-0.25, -0.2) is 0 Å². The minimum absolute atomic E-state index is 0.0152. The van der Waals surface area contributed by atoms with E-state index in [0.29, 0.717) is 6.54 Å². The molecule has 3 rings (SSSR count). The highest BCUT2D eigenvalue weighted by Gasteiger charge is 2.41. The van der Waals surface area contributed by atoms with Crippen LogP contribution in [0.1, 0.15) is 44.2 Å². The Kier molecular flexibility index (Phi) is 5.85. The van der Waals surface area contributed by atoms with Crippen molar-refractivity contribution >= 4 is 5.91 Å². The van der Waals surface area contributed by atoms with Gasteiger partial charge in [0.2, 0.25) is 5.91 Å². The lowest BCUT2D eigenvalue weighted by atomic mass is 9.67. The maximum absolute atomic E-state index is 12.3.